The Morgan fingerprint density at radius 3 is 2.81 bits per heavy atom. The minimum absolute atomic E-state index is 0.212. The van der Waals surface area contributed by atoms with E-state index >= 15 is 0 Å². The van der Waals surface area contributed by atoms with Crippen molar-refractivity contribution in [3.8, 4) is 5.75 Å². The molecule has 0 spiro atoms. The van der Waals surface area contributed by atoms with Gasteiger partial charge in [0, 0.05) is 13.1 Å². The van der Waals surface area contributed by atoms with Gasteiger partial charge in [0.05, 0.1) is 18.5 Å². The molecule has 6 heteroatoms. The summed E-state index contributed by atoms with van der Waals surface area (Å²) in [7, 11) is 1.56. The van der Waals surface area contributed by atoms with E-state index in [2.05, 4.69) is 10.4 Å². The van der Waals surface area contributed by atoms with Gasteiger partial charge in [-0.05, 0) is 37.6 Å². The number of hydrogen-bond acceptors (Lipinski definition) is 4. The van der Waals surface area contributed by atoms with Gasteiger partial charge in [0.15, 0.2) is 0 Å². The van der Waals surface area contributed by atoms with E-state index in [4.69, 9.17) is 10.5 Å². The molecule has 2 aromatic rings. The van der Waals surface area contributed by atoms with Crippen LogP contribution >= 0.6 is 0 Å². The summed E-state index contributed by atoms with van der Waals surface area (Å²) in [6.07, 6.45) is 0. The molecule has 0 fully saturated rings. The van der Waals surface area contributed by atoms with Crippen LogP contribution in [0.15, 0.2) is 24.3 Å². The first-order valence-electron chi connectivity index (χ1n) is 6.81. The SMILES string of the molecule is CCn1nc(C)cc1C(=O)Nc1ccc(CN)cc1OC. The third kappa shape index (κ3) is 3.22. The van der Waals surface area contributed by atoms with Crippen LogP contribution in [0.25, 0.3) is 0 Å². The van der Waals surface area contributed by atoms with Crippen molar-refractivity contribution in [1.82, 2.24) is 9.78 Å². The van der Waals surface area contributed by atoms with Crippen molar-refractivity contribution in [3.05, 3.63) is 41.2 Å². The second-order valence-corrected chi connectivity index (χ2v) is 4.68. The summed E-state index contributed by atoms with van der Waals surface area (Å²) in [4.78, 5) is 12.4. The van der Waals surface area contributed by atoms with Crippen molar-refractivity contribution >= 4 is 11.6 Å². The van der Waals surface area contributed by atoms with Gasteiger partial charge in [-0.1, -0.05) is 6.07 Å². The molecular weight excluding hydrogens is 268 g/mol. The highest BCUT2D eigenvalue weighted by Crippen LogP contribution is 2.26. The van der Waals surface area contributed by atoms with Gasteiger partial charge in [0.25, 0.3) is 5.91 Å². The highest BCUT2D eigenvalue weighted by Gasteiger charge is 2.15. The molecule has 3 N–H and O–H groups in total. The van der Waals surface area contributed by atoms with Crippen molar-refractivity contribution in [2.45, 2.75) is 26.9 Å². The summed E-state index contributed by atoms with van der Waals surface area (Å²) in [5, 5.41) is 7.12. The number of hydrogen-bond donors (Lipinski definition) is 2. The van der Waals surface area contributed by atoms with Crippen LogP contribution in [0.1, 0.15) is 28.7 Å². The van der Waals surface area contributed by atoms with Gasteiger partial charge in [-0.3, -0.25) is 9.48 Å². The smallest absolute Gasteiger partial charge is 0.274 e. The van der Waals surface area contributed by atoms with Gasteiger partial charge >= 0.3 is 0 Å². The minimum atomic E-state index is -0.212. The Balaban J connectivity index is 2.26. The summed E-state index contributed by atoms with van der Waals surface area (Å²) in [5.74, 6) is 0.377. The first kappa shape index (κ1) is 15.1. The quantitative estimate of drug-likeness (QED) is 0.880. The largest absolute Gasteiger partial charge is 0.495 e. The molecule has 1 amide bonds. The Kier molecular flexibility index (Phi) is 4.59. The Labute approximate surface area is 123 Å². The molecule has 21 heavy (non-hydrogen) atoms. The first-order chi connectivity index (χ1) is 10.1. The lowest BCUT2D eigenvalue weighted by Crippen LogP contribution is -2.17. The number of carbonyl (C=O) groups is 1. The molecule has 0 aliphatic carbocycles. The van der Waals surface area contributed by atoms with Crippen LogP contribution in [0.3, 0.4) is 0 Å². The molecule has 2 rings (SSSR count). The monoisotopic (exact) mass is 288 g/mol. The maximum Gasteiger partial charge on any atom is 0.274 e. The third-order valence-corrected chi connectivity index (χ3v) is 3.18. The number of methoxy groups -OCH3 is 1. The van der Waals surface area contributed by atoms with Gasteiger partial charge in [-0.25, -0.2) is 0 Å². The Hall–Kier alpha value is -2.34. The summed E-state index contributed by atoms with van der Waals surface area (Å²) >= 11 is 0. The second-order valence-electron chi connectivity index (χ2n) is 4.68. The zero-order valence-electron chi connectivity index (χ0n) is 12.5. The molecule has 1 aromatic carbocycles. The maximum absolute atomic E-state index is 12.4. The summed E-state index contributed by atoms with van der Waals surface area (Å²) in [6, 6.07) is 7.23. The molecule has 0 atom stereocenters. The Bertz CT molecular complexity index is 649. The molecule has 1 aromatic heterocycles. The molecule has 0 bridgehead atoms. The predicted molar refractivity (Wildman–Crippen MR) is 81.5 cm³/mol. The standard InChI is InChI=1S/C15H20N4O2/c1-4-19-13(7-10(2)18-19)15(20)17-12-6-5-11(9-16)8-14(12)21-3/h5-8H,4,9,16H2,1-3H3,(H,17,20). The number of nitrogens with one attached hydrogen (secondary N) is 1. The summed E-state index contributed by atoms with van der Waals surface area (Å²) in [5.41, 5.74) is 8.50. The number of rotatable bonds is 5. The predicted octanol–water partition coefficient (Wildman–Crippen LogP) is 1.93. The van der Waals surface area contributed by atoms with Gasteiger partial charge in [-0.15, -0.1) is 0 Å². The van der Waals surface area contributed by atoms with Crippen molar-refractivity contribution in [1.29, 1.82) is 0 Å². The van der Waals surface area contributed by atoms with Crippen molar-refractivity contribution in [3.63, 3.8) is 0 Å². The van der Waals surface area contributed by atoms with E-state index < -0.39 is 0 Å². The number of anilines is 1. The van der Waals surface area contributed by atoms with E-state index in [0.29, 0.717) is 30.2 Å². The fourth-order valence-electron chi connectivity index (χ4n) is 2.12. The third-order valence-electron chi connectivity index (χ3n) is 3.18. The van der Waals surface area contributed by atoms with E-state index in [0.717, 1.165) is 11.3 Å². The van der Waals surface area contributed by atoms with Crippen LogP contribution < -0.4 is 15.8 Å². The maximum atomic E-state index is 12.4. The number of aryl methyl sites for hydroxylation is 2. The lowest BCUT2D eigenvalue weighted by molar-refractivity contribution is 0.101. The van der Waals surface area contributed by atoms with Crippen molar-refractivity contribution in [2.24, 2.45) is 5.73 Å². The van der Waals surface area contributed by atoms with Crippen molar-refractivity contribution in [2.75, 3.05) is 12.4 Å². The first-order valence-corrected chi connectivity index (χ1v) is 6.81. The minimum Gasteiger partial charge on any atom is -0.495 e. The molecule has 0 aliphatic heterocycles. The number of ether oxygens (including phenoxy) is 1. The summed E-state index contributed by atoms with van der Waals surface area (Å²) in [6.45, 7) is 4.87. The zero-order valence-corrected chi connectivity index (χ0v) is 12.5. The number of carbonyl (C=O) groups excluding carboxylic acids is 1. The number of nitrogens with zero attached hydrogens (tertiary/aromatic N) is 2. The average molecular weight is 288 g/mol. The van der Waals surface area contributed by atoms with Crippen LogP contribution in [0.2, 0.25) is 0 Å². The van der Waals surface area contributed by atoms with E-state index in [1.54, 1.807) is 23.9 Å². The molecule has 0 aliphatic rings. The molecular formula is C15H20N4O2. The fourth-order valence-corrected chi connectivity index (χ4v) is 2.12. The number of amides is 1. The molecule has 0 saturated heterocycles. The van der Waals surface area contributed by atoms with Crippen LogP contribution in [0, 0.1) is 6.92 Å². The summed E-state index contributed by atoms with van der Waals surface area (Å²) < 4.78 is 6.97. The van der Waals surface area contributed by atoms with Crippen LogP contribution in [-0.2, 0) is 13.1 Å². The van der Waals surface area contributed by atoms with Gasteiger partial charge in [0.2, 0.25) is 0 Å². The van der Waals surface area contributed by atoms with Gasteiger partial charge in [0.1, 0.15) is 11.4 Å². The lowest BCUT2D eigenvalue weighted by atomic mass is 10.2. The number of nitrogens with two attached hydrogens (primary N) is 1. The van der Waals surface area contributed by atoms with Crippen LogP contribution in [0.5, 0.6) is 5.75 Å². The second kappa shape index (κ2) is 6.41. The van der Waals surface area contributed by atoms with E-state index in [1.807, 2.05) is 26.0 Å². The molecule has 0 unspecified atom stereocenters. The molecule has 0 radical (unpaired) electrons. The molecule has 0 saturated carbocycles. The lowest BCUT2D eigenvalue weighted by Gasteiger charge is -2.12. The average Bonchev–Trinajstić information content (AvgIpc) is 2.88. The normalized spacial score (nSPS) is 10.5. The molecule has 6 nitrogen and oxygen atoms in total. The Morgan fingerprint density at radius 1 is 1.43 bits per heavy atom. The fraction of sp³-hybridized carbons (Fsp3) is 0.333. The highest BCUT2D eigenvalue weighted by molar-refractivity contribution is 6.04. The van der Waals surface area contributed by atoms with Crippen molar-refractivity contribution < 1.29 is 9.53 Å². The van der Waals surface area contributed by atoms with E-state index in [-0.39, 0.29) is 5.91 Å². The Morgan fingerprint density at radius 2 is 2.19 bits per heavy atom. The molecule has 1 heterocycles. The van der Waals surface area contributed by atoms with Crippen LogP contribution in [-0.4, -0.2) is 22.8 Å². The zero-order chi connectivity index (χ0) is 15.4. The van der Waals surface area contributed by atoms with Gasteiger partial charge in [-0.2, -0.15) is 5.10 Å². The van der Waals surface area contributed by atoms with E-state index in [1.165, 1.54) is 0 Å². The van der Waals surface area contributed by atoms with E-state index in [9.17, 15) is 4.79 Å². The molecule has 112 valence electrons. The topological polar surface area (TPSA) is 82.2 Å². The highest BCUT2D eigenvalue weighted by atomic mass is 16.5. The number of benzene rings is 1. The van der Waals surface area contributed by atoms with Gasteiger partial charge < -0.3 is 15.8 Å². The van der Waals surface area contributed by atoms with Crippen LogP contribution in [0.4, 0.5) is 5.69 Å². The number of aromatic nitrogens is 2.